The highest BCUT2D eigenvalue weighted by Crippen LogP contribution is 2.44. The SMILES string of the molecule is C#CCC(NC(=O)OCC1c2ccccc2-c2ccccc21)C(=O)NC(C(=O)O)C(C)CC. The van der Waals surface area contributed by atoms with Crippen LogP contribution in [0, 0.1) is 18.3 Å². The topological polar surface area (TPSA) is 105 Å². The van der Waals surface area contributed by atoms with Crippen LogP contribution in [0.4, 0.5) is 4.79 Å². The third-order valence-corrected chi connectivity index (χ3v) is 6.05. The van der Waals surface area contributed by atoms with E-state index in [9.17, 15) is 19.5 Å². The quantitative estimate of drug-likeness (QED) is 0.509. The van der Waals surface area contributed by atoms with Gasteiger partial charge in [-0.25, -0.2) is 9.59 Å². The number of rotatable bonds is 9. The molecule has 3 rings (SSSR count). The van der Waals surface area contributed by atoms with Crippen LogP contribution in [0.5, 0.6) is 0 Å². The summed E-state index contributed by atoms with van der Waals surface area (Å²) in [6, 6.07) is 13.8. The molecule has 0 radical (unpaired) electrons. The molecule has 2 aromatic carbocycles. The number of carboxylic acids is 1. The first-order valence-corrected chi connectivity index (χ1v) is 11.0. The van der Waals surface area contributed by atoms with E-state index in [1.54, 1.807) is 6.92 Å². The van der Waals surface area contributed by atoms with Crippen LogP contribution in [0.3, 0.4) is 0 Å². The van der Waals surface area contributed by atoms with Crippen molar-refractivity contribution in [2.45, 2.75) is 44.7 Å². The fourth-order valence-corrected chi connectivity index (χ4v) is 4.05. The lowest BCUT2D eigenvalue weighted by Gasteiger charge is -2.23. The number of aliphatic carboxylic acids is 1. The van der Waals surface area contributed by atoms with Gasteiger partial charge in [0.15, 0.2) is 0 Å². The average molecular weight is 449 g/mol. The maximum Gasteiger partial charge on any atom is 0.407 e. The van der Waals surface area contributed by atoms with Gasteiger partial charge in [-0.2, -0.15) is 0 Å². The molecule has 2 aromatic rings. The molecule has 0 spiro atoms. The highest BCUT2D eigenvalue weighted by atomic mass is 16.5. The van der Waals surface area contributed by atoms with Crippen molar-refractivity contribution < 1.29 is 24.2 Å². The number of carbonyl (C=O) groups is 3. The molecular weight excluding hydrogens is 420 g/mol. The Balaban J connectivity index is 1.66. The summed E-state index contributed by atoms with van der Waals surface area (Å²) in [6.45, 7) is 3.66. The van der Waals surface area contributed by atoms with E-state index >= 15 is 0 Å². The second-order valence-corrected chi connectivity index (χ2v) is 8.14. The highest BCUT2D eigenvalue weighted by molar-refractivity contribution is 5.89. The molecule has 0 heterocycles. The molecule has 3 unspecified atom stereocenters. The number of ether oxygens (including phenoxy) is 1. The third-order valence-electron chi connectivity index (χ3n) is 6.05. The number of benzene rings is 2. The van der Waals surface area contributed by atoms with Crippen molar-refractivity contribution in [3.63, 3.8) is 0 Å². The van der Waals surface area contributed by atoms with Gasteiger partial charge in [-0.15, -0.1) is 12.3 Å². The van der Waals surface area contributed by atoms with Gasteiger partial charge in [-0.1, -0.05) is 68.8 Å². The minimum Gasteiger partial charge on any atom is -0.480 e. The molecule has 3 atom stereocenters. The zero-order valence-electron chi connectivity index (χ0n) is 18.7. The number of hydrogen-bond donors (Lipinski definition) is 3. The lowest BCUT2D eigenvalue weighted by molar-refractivity contribution is -0.143. The van der Waals surface area contributed by atoms with Gasteiger partial charge in [0.25, 0.3) is 0 Å². The van der Waals surface area contributed by atoms with Gasteiger partial charge in [0.05, 0.1) is 0 Å². The second-order valence-electron chi connectivity index (χ2n) is 8.14. The van der Waals surface area contributed by atoms with Crippen LogP contribution in [0.2, 0.25) is 0 Å². The van der Waals surface area contributed by atoms with E-state index in [0.29, 0.717) is 6.42 Å². The molecule has 0 saturated carbocycles. The lowest BCUT2D eigenvalue weighted by Crippen LogP contribution is -2.53. The Kier molecular flexibility index (Phi) is 7.73. The van der Waals surface area contributed by atoms with Crippen LogP contribution in [-0.4, -0.2) is 41.8 Å². The lowest BCUT2D eigenvalue weighted by atomic mass is 9.98. The maximum atomic E-state index is 12.7. The van der Waals surface area contributed by atoms with Gasteiger partial charge in [0, 0.05) is 12.3 Å². The summed E-state index contributed by atoms with van der Waals surface area (Å²) in [6.07, 6.45) is 5.04. The molecule has 0 saturated heterocycles. The maximum absolute atomic E-state index is 12.7. The fraction of sp³-hybridized carbons (Fsp3) is 0.346. The summed E-state index contributed by atoms with van der Waals surface area (Å²) >= 11 is 0. The molecule has 0 fully saturated rings. The molecule has 172 valence electrons. The van der Waals surface area contributed by atoms with Crippen LogP contribution in [-0.2, 0) is 14.3 Å². The standard InChI is InChI=1S/C26H28N2O5/c1-4-10-22(24(29)28-23(25(30)31)16(3)5-2)27-26(32)33-15-21-19-13-8-6-11-17(19)18-12-7-9-14-20(18)21/h1,6-9,11-14,16,21-23H,5,10,15H2,2-3H3,(H,27,32)(H,28,29)(H,30,31). The van der Waals surface area contributed by atoms with Crippen LogP contribution in [0.1, 0.15) is 43.7 Å². The zero-order valence-corrected chi connectivity index (χ0v) is 18.7. The molecule has 0 aliphatic heterocycles. The van der Waals surface area contributed by atoms with Crippen molar-refractivity contribution in [1.82, 2.24) is 10.6 Å². The predicted molar refractivity (Wildman–Crippen MR) is 124 cm³/mol. The van der Waals surface area contributed by atoms with Crippen molar-refractivity contribution >= 4 is 18.0 Å². The Morgan fingerprint density at radius 3 is 2.15 bits per heavy atom. The smallest absolute Gasteiger partial charge is 0.407 e. The van der Waals surface area contributed by atoms with E-state index in [1.165, 1.54) is 0 Å². The number of hydrogen-bond acceptors (Lipinski definition) is 4. The summed E-state index contributed by atoms with van der Waals surface area (Å²) in [4.78, 5) is 36.7. The van der Waals surface area contributed by atoms with Crippen LogP contribution in [0.25, 0.3) is 11.1 Å². The van der Waals surface area contributed by atoms with Gasteiger partial charge >= 0.3 is 12.1 Å². The van der Waals surface area contributed by atoms with Gasteiger partial charge < -0.3 is 20.5 Å². The average Bonchev–Trinajstić information content (AvgIpc) is 3.13. The normalized spacial score (nSPS) is 14.7. The number of alkyl carbamates (subject to hydrolysis) is 1. The van der Waals surface area contributed by atoms with Crippen molar-refractivity contribution in [2.75, 3.05) is 6.61 Å². The van der Waals surface area contributed by atoms with Gasteiger partial charge in [0.2, 0.25) is 5.91 Å². The zero-order chi connectivity index (χ0) is 24.0. The monoisotopic (exact) mass is 448 g/mol. The summed E-state index contributed by atoms with van der Waals surface area (Å²) in [5.41, 5.74) is 4.36. The largest absolute Gasteiger partial charge is 0.480 e. The van der Waals surface area contributed by atoms with Crippen molar-refractivity contribution in [3.8, 4) is 23.5 Å². The minimum atomic E-state index is -1.14. The number of fused-ring (bicyclic) bond motifs is 3. The fourth-order valence-electron chi connectivity index (χ4n) is 4.05. The molecule has 3 N–H and O–H groups in total. The Hall–Kier alpha value is -3.79. The Bertz CT molecular complexity index is 1030. The molecule has 7 nitrogen and oxygen atoms in total. The van der Waals surface area contributed by atoms with Crippen LogP contribution in [0.15, 0.2) is 48.5 Å². The Morgan fingerprint density at radius 1 is 1.06 bits per heavy atom. The molecule has 0 aromatic heterocycles. The molecule has 1 aliphatic carbocycles. The molecule has 33 heavy (non-hydrogen) atoms. The van der Waals surface area contributed by atoms with Gasteiger partial charge in [0.1, 0.15) is 18.7 Å². The van der Waals surface area contributed by atoms with E-state index in [4.69, 9.17) is 11.2 Å². The number of carboxylic acid groups (broad SMARTS) is 1. The van der Waals surface area contributed by atoms with E-state index in [2.05, 4.69) is 16.6 Å². The summed E-state index contributed by atoms with van der Waals surface area (Å²) in [5, 5.41) is 14.4. The molecule has 1 aliphatic rings. The molecule has 7 heteroatoms. The first kappa shape index (κ1) is 23.9. The van der Waals surface area contributed by atoms with Gasteiger partial charge in [-0.3, -0.25) is 4.79 Å². The molecule has 0 bridgehead atoms. The first-order chi connectivity index (χ1) is 15.9. The van der Waals surface area contributed by atoms with Crippen molar-refractivity contribution in [3.05, 3.63) is 59.7 Å². The molecule has 2 amide bonds. The van der Waals surface area contributed by atoms with Gasteiger partial charge in [-0.05, 0) is 28.2 Å². The number of carbonyl (C=O) groups excluding carboxylic acids is 2. The first-order valence-electron chi connectivity index (χ1n) is 11.0. The number of terminal acetylenes is 1. The van der Waals surface area contributed by atoms with Crippen molar-refractivity contribution in [1.29, 1.82) is 0 Å². The molecular formula is C26H28N2O5. The Labute approximate surface area is 193 Å². The van der Waals surface area contributed by atoms with E-state index in [0.717, 1.165) is 22.3 Å². The Morgan fingerprint density at radius 2 is 1.64 bits per heavy atom. The summed E-state index contributed by atoms with van der Waals surface area (Å²) in [7, 11) is 0. The van der Waals surface area contributed by atoms with Crippen molar-refractivity contribution in [2.24, 2.45) is 5.92 Å². The minimum absolute atomic E-state index is 0.0921. The second kappa shape index (κ2) is 10.7. The van der Waals surface area contributed by atoms with Crippen LogP contribution >= 0.6 is 0 Å². The highest BCUT2D eigenvalue weighted by Gasteiger charge is 2.31. The third kappa shape index (κ3) is 5.35. The van der Waals surface area contributed by atoms with E-state index in [1.807, 2.05) is 55.5 Å². The predicted octanol–water partition coefficient (Wildman–Crippen LogP) is 3.53. The number of amides is 2. The number of nitrogens with one attached hydrogen (secondary N) is 2. The van der Waals surface area contributed by atoms with E-state index in [-0.39, 0.29) is 24.9 Å². The summed E-state index contributed by atoms with van der Waals surface area (Å²) < 4.78 is 5.47. The van der Waals surface area contributed by atoms with Crippen LogP contribution < -0.4 is 10.6 Å². The van der Waals surface area contributed by atoms with E-state index < -0.39 is 30.1 Å². The summed E-state index contributed by atoms with van der Waals surface area (Å²) in [5.74, 6) is 0.140.